The van der Waals surface area contributed by atoms with Gasteiger partial charge in [0.2, 0.25) is 11.9 Å². The molecule has 0 spiro atoms. The van der Waals surface area contributed by atoms with Crippen molar-refractivity contribution in [2.75, 3.05) is 16.8 Å². The van der Waals surface area contributed by atoms with Gasteiger partial charge in [-0.15, -0.1) is 0 Å². The van der Waals surface area contributed by atoms with E-state index in [0.717, 1.165) is 25.8 Å². The van der Waals surface area contributed by atoms with Crippen LogP contribution in [0.15, 0.2) is 29.1 Å². The van der Waals surface area contributed by atoms with Crippen molar-refractivity contribution in [2.24, 2.45) is 5.92 Å². The molecule has 4 rings (SSSR count). The second-order valence-electron chi connectivity index (χ2n) is 7.61. The van der Waals surface area contributed by atoms with Gasteiger partial charge in [0.05, 0.1) is 16.6 Å². The van der Waals surface area contributed by atoms with Gasteiger partial charge in [0.1, 0.15) is 11.7 Å². The average molecular weight is 408 g/mol. The van der Waals surface area contributed by atoms with Crippen LogP contribution >= 0.6 is 0 Å². The number of piperidine rings is 1. The number of amides is 1. The van der Waals surface area contributed by atoms with E-state index >= 15 is 0 Å². The lowest BCUT2D eigenvalue weighted by Crippen LogP contribution is -2.42. The van der Waals surface area contributed by atoms with Crippen molar-refractivity contribution in [2.45, 2.75) is 38.1 Å². The summed E-state index contributed by atoms with van der Waals surface area (Å²) in [7, 11) is 0. The SMILES string of the molecule is CC1CCCCN1c1nc2c(c(=O)[nH]1)C(c1ccc([N+](=O)[O-])cc1)C(C#N)C(=O)N2. The van der Waals surface area contributed by atoms with Crippen LogP contribution in [0, 0.1) is 27.4 Å². The molecule has 1 amide bonds. The summed E-state index contributed by atoms with van der Waals surface area (Å²) in [6.07, 6.45) is 3.07. The Bertz CT molecular complexity index is 1100. The number of fused-ring (bicyclic) bond motifs is 1. The zero-order valence-corrected chi connectivity index (χ0v) is 16.3. The van der Waals surface area contributed by atoms with Crippen molar-refractivity contribution in [3.63, 3.8) is 0 Å². The molecule has 1 aromatic carbocycles. The third kappa shape index (κ3) is 3.28. The van der Waals surface area contributed by atoms with E-state index < -0.39 is 28.2 Å². The van der Waals surface area contributed by atoms with E-state index in [1.165, 1.54) is 24.3 Å². The number of H-pyrrole nitrogens is 1. The largest absolute Gasteiger partial charge is 0.340 e. The highest BCUT2D eigenvalue weighted by atomic mass is 16.6. The lowest BCUT2D eigenvalue weighted by atomic mass is 9.79. The first-order chi connectivity index (χ1) is 14.4. The van der Waals surface area contributed by atoms with Gasteiger partial charge in [-0.2, -0.15) is 10.2 Å². The Labute approximate surface area is 171 Å². The molecule has 30 heavy (non-hydrogen) atoms. The first kappa shape index (κ1) is 19.6. The van der Waals surface area contributed by atoms with Crippen molar-refractivity contribution in [1.29, 1.82) is 5.26 Å². The molecule has 1 fully saturated rings. The normalized spacial score (nSPS) is 23.3. The van der Waals surface area contributed by atoms with Crippen LogP contribution in [-0.4, -0.2) is 33.4 Å². The molecule has 2 aliphatic heterocycles. The van der Waals surface area contributed by atoms with Crippen molar-refractivity contribution in [3.8, 4) is 6.07 Å². The van der Waals surface area contributed by atoms with Gasteiger partial charge < -0.3 is 10.2 Å². The van der Waals surface area contributed by atoms with E-state index in [0.29, 0.717) is 11.5 Å². The number of nitriles is 1. The van der Waals surface area contributed by atoms with Gasteiger partial charge in [-0.05, 0) is 31.7 Å². The first-order valence-corrected chi connectivity index (χ1v) is 9.76. The third-order valence-electron chi connectivity index (χ3n) is 5.79. The fraction of sp³-hybridized carbons (Fsp3) is 0.400. The van der Waals surface area contributed by atoms with Crippen molar-refractivity contribution in [3.05, 3.63) is 55.9 Å². The number of non-ortho nitro benzene ring substituents is 1. The number of aromatic nitrogens is 2. The maximum Gasteiger partial charge on any atom is 0.269 e. The molecule has 10 heteroatoms. The molecule has 1 aromatic heterocycles. The molecule has 3 heterocycles. The van der Waals surface area contributed by atoms with Crippen LogP contribution in [0.5, 0.6) is 0 Å². The fourth-order valence-electron chi connectivity index (χ4n) is 4.21. The van der Waals surface area contributed by atoms with Crippen LogP contribution in [0.1, 0.15) is 43.2 Å². The number of rotatable bonds is 3. The lowest BCUT2D eigenvalue weighted by molar-refractivity contribution is -0.384. The molecule has 0 saturated carbocycles. The quantitative estimate of drug-likeness (QED) is 0.585. The molecule has 0 radical (unpaired) electrons. The van der Waals surface area contributed by atoms with Gasteiger partial charge in [0.15, 0.2) is 0 Å². The second kappa shape index (κ2) is 7.59. The number of hydrogen-bond acceptors (Lipinski definition) is 7. The number of anilines is 2. The van der Waals surface area contributed by atoms with Crippen LogP contribution in [0.25, 0.3) is 0 Å². The van der Waals surface area contributed by atoms with Crippen molar-refractivity contribution in [1.82, 2.24) is 9.97 Å². The van der Waals surface area contributed by atoms with Crippen molar-refractivity contribution < 1.29 is 9.72 Å². The number of nitro benzene ring substituents is 1. The molecule has 154 valence electrons. The highest BCUT2D eigenvalue weighted by Crippen LogP contribution is 2.38. The Hall–Kier alpha value is -3.74. The zero-order valence-electron chi connectivity index (χ0n) is 16.3. The van der Waals surface area contributed by atoms with Crippen LogP contribution < -0.4 is 15.8 Å². The maximum atomic E-state index is 13.1. The predicted molar refractivity (Wildman–Crippen MR) is 108 cm³/mol. The Morgan fingerprint density at radius 3 is 2.63 bits per heavy atom. The van der Waals surface area contributed by atoms with E-state index in [4.69, 9.17) is 0 Å². The molecule has 2 aliphatic rings. The standard InChI is InChI=1S/C20H20N6O4/c1-11-4-2-3-9-25(11)20-23-17-16(19(28)24-20)15(14(10-21)18(27)22-17)12-5-7-13(8-6-12)26(29)30/h5-8,11,14-15H,2-4,9H2,1H3,(H2,22,23,24,27,28). The Morgan fingerprint density at radius 2 is 2.00 bits per heavy atom. The van der Waals surface area contributed by atoms with Crippen LogP contribution in [-0.2, 0) is 4.79 Å². The molecular formula is C20H20N6O4. The van der Waals surface area contributed by atoms with Gasteiger partial charge in [-0.25, -0.2) is 0 Å². The minimum atomic E-state index is -1.15. The zero-order chi connectivity index (χ0) is 21.4. The summed E-state index contributed by atoms with van der Waals surface area (Å²) >= 11 is 0. The van der Waals surface area contributed by atoms with Crippen molar-refractivity contribution >= 4 is 23.4 Å². The molecule has 3 atom stereocenters. The van der Waals surface area contributed by atoms with E-state index in [2.05, 4.69) is 22.2 Å². The number of nitrogens with zero attached hydrogens (tertiary/aromatic N) is 4. The molecule has 0 bridgehead atoms. The summed E-state index contributed by atoms with van der Waals surface area (Å²) in [6.45, 7) is 2.81. The van der Waals surface area contributed by atoms with Crippen LogP contribution in [0.3, 0.4) is 0 Å². The number of carbonyl (C=O) groups is 1. The summed E-state index contributed by atoms with van der Waals surface area (Å²) in [6, 6.07) is 7.68. The van der Waals surface area contributed by atoms with E-state index in [9.17, 15) is 25.0 Å². The number of nitrogens with one attached hydrogen (secondary N) is 2. The molecule has 1 saturated heterocycles. The third-order valence-corrected chi connectivity index (χ3v) is 5.79. The predicted octanol–water partition coefficient (Wildman–Crippen LogP) is 2.28. The Morgan fingerprint density at radius 1 is 1.27 bits per heavy atom. The van der Waals surface area contributed by atoms with Gasteiger partial charge in [0, 0.05) is 30.6 Å². The Balaban J connectivity index is 1.82. The fourth-order valence-corrected chi connectivity index (χ4v) is 4.21. The summed E-state index contributed by atoms with van der Waals surface area (Å²) < 4.78 is 0. The number of aromatic amines is 1. The minimum Gasteiger partial charge on any atom is -0.340 e. The molecule has 0 aliphatic carbocycles. The van der Waals surface area contributed by atoms with E-state index in [1.807, 2.05) is 11.0 Å². The summed E-state index contributed by atoms with van der Waals surface area (Å²) in [5, 5.41) is 23.1. The maximum absolute atomic E-state index is 13.1. The lowest BCUT2D eigenvalue weighted by Gasteiger charge is -2.35. The number of carbonyl (C=O) groups excluding carboxylic acids is 1. The highest BCUT2D eigenvalue weighted by molar-refractivity contribution is 5.98. The Kier molecular flexibility index (Phi) is 4.95. The van der Waals surface area contributed by atoms with Gasteiger partial charge in [0.25, 0.3) is 11.2 Å². The van der Waals surface area contributed by atoms with Gasteiger partial charge in [-0.1, -0.05) is 12.1 Å². The topological polar surface area (TPSA) is 145 Å². The minimum absolute atomic E-state index is 0.116. The average Bonchev–Trinajstić information content (AvgIpc) is 2.73. The number of nitro groups is 1. The highest BCUT2D eigenvalue weighted by Gasteiger charge is 2.40. The first-order valence-electron chi connectivity index (χ1n) is 9.76. The summed E-state index contributed by atoms with van der Waals surface area (Å²) in [5.41, 5.74) is 0.101. The molecule has 2 N–H and O–H groups in total. The number of hydrogen-bond donors (Lipinski definition) is 2. The summed E-state index contributed by atoms with van der Waals surface area (Å²) in [4.78, 5) is 45.4. The van der Waals surface area contributed by atoms with E-state index in [-0.39, 0.29) is 23.1 Å². The van der Waals surface area contributed by atoms with Crippen LogP contribution in [0.4, 0.5) is 17.5 Å². The van der Waals surface area contributed by atoms with Gasteiger partial charge >= 0.3 is 0 Å². The monoisotopic (exact) mass is 408 g/mol. The van der Waals surface area contributed by atoms with Gasteiger partial charge in [-0.3, -0.25) is 24.7 Å². The molecule has 3 unspecified atom stereocenters. The van der Waals surface area contributed by atoms with E-state index in [1.54, 1.807) is 0 Å². The second-order valence-corrected chi connectivity index (χ2v) is 7.61. The molecule has 2 aromatic rings. The van der Waals surface area contributed by atoms with Crippen LogP contribution in [0.2, 0.25) is 0 Å². The number of benzene rings is 1. The molecular weight excluding hydrogens is 388 g/mol. The summed E-state index contributed by atoms with van der Waals surface area (Å²) in [5.74, 6) is -2.05. The molecule has 10 nitrogen and oxygen atoms in total. The smallest absolute Gasteiger partial charge is 0.269 e.